The van der Waals surface area contributed by atoms with Crippen LogP contribution in [0.1, 0.15) is 43.7 Å². The lowest BCUT2D eigenvalue weighted by Crippen LogP contribution is -1.92. The highest BCUT2D eigenvalue weighted by atomic mass is 14.1. The van der Waals surface area contributed by atoms with Gasteiger partial charge in [0.05, 0.1) is 0 Å². The van der Waals surface area contributed by atoms with Crippen molar-refractivity contribution in [3.8, 4) is 0 Å². The Morgan fingerprint density at radius 1 is 1.21 bits per heavy atom. The second-order valence-electron chi connectivity index (χ2n) is 4.03. The summed E-state index contributed by atoms with van der Waals surface area (Å²) in [5.41, 5.74) is 4.46. The van der Waals surface area contributed by atoms with E-state index in [1.54, 1.807) is 5.57 Å². The third kappa shape index (κ3) is 2.06. The maximum Gasteiger partial charge on any atom is -0.0225 e. The zero-order valence-electron chi connectivity index (χ0n) is 8.92. The van der Waals surface area contributed by atoms with Crippen LogP contribution < -0.4 is 0 Å². The molecule has 0 N–H and O–H groups in total. The van der Waals surface area contributed by atoms with Crippen molar-refractivity contribution < 1.29 is 0 Å². The van der Waals surface area contributed by atoms with Crippen LogP contribution in [-0.2, 0) is 6.42 Å². The molecule has 0 bridgehead atoms. The molecule has 1 aliphatic carbocycles. The normalized spacial score (nSPS) is 16.5. The third-order valence-corrected chi connectivity index (χ3v) is 3.00. The monoisotopic (exact) mass is 186 g/mol. The predicted octanol–water partition coefficient (Wildman–Crippen LogP) is 4.21. The first-order chi connectivity index (χ1) is 6.90. The Kier molecular flexibility index (Phi) is 3.03. The molecule has 0 unspecified atom stereocenters. The van der Waals surface area contributed by atoms with Crippen LogP contribution in [-0.4, -0.2) is 0 Å². The van der Waals surface area contributed by atoms with Crippen LogP contribution in [0.5, 0.6) is 0 Å². The summed E-state index contributed by atoms with van der Waals surface area (Å²) in [6.45, 7) is 2.22. The van der Waals surface area contributed by atoms with E-state index in [9.17, 15) is 0 Å². The number of rotatable bonds is 2. The van der Waals surface area contributed by atoms with E-state index in [1.807, 2.05) is 0 Å². The molecule has 0 heteroatoms. The first-order valence-corrected chi connectivity index (χ1v) is 5.68. The Morgan fingerprint density at radius 3 is 2.86 bits per heavy atom. The van der Waals surface area contributed by atoms with Crippen molar-refractivity contribution in [2.24, 2.45) is 0 Å². The van der Waals surface area contributed by atoms with Gasteiger partial charge in [-0.2, -0.15) is 0 Å². The summed E-state index contributed by atoms with van der Waals surface area (Å²) in [4.78, 5) is 0. The quantitative estimate of drug-likeness (QED) is 0.649. The number of aryl methyl sites for hydroxylation is 1. The molecule has 2 rings (SSSR count). The average Bonchev–Trinajstić information content (AvgIpc) is 2.30. The summed E-state index contributed by atoms with van der Waals surface area (Å²) in [6, 6.07) is 8.99. The van der Waals surface area contributed by atoms with Crippen LogP contribution in [0.25, 0.3) is 5.57 Å². The van der Waals surface area contributed by atoms with E-state index >= 15 is 0 Å². The summed E-state index contributed by atoms with van der Waals surface area (Å²) in [6.07, 6.45) is 8.83. The highest BCUT2D eigenvalue weighted by Gasteiger charge is 2.05. The predicted molar refractivity (Wildman–Crippen MR) is 62.3 cm³/mol. The van der Waals surface area contributed by atoms with Crippen molar-refractivity contribution in [1.82, 2.24) is 0 Å². The van der Waals surface area contributed by atoms with Gasteiger partial charge in [-0.1, -0.05) is 37.3 Å². The Morgan fingerprint density at radius 2 is 2.14 bits per heavy atom. The smallest absolute Gasteiger partial charge is 0.0225 e. The first kappa shape index (κ1) is 9.51. The first-order valence-electron chi connectivity index (χ1n) is 5.68. The van der Waals surface area contributed by atoms with Crippen LogP contribution in [0.3, 0.4) is 0 Å². The fraction of sp³-hybridized carbons (Fsp3) is 0.429. The van der Waals surface area contributed by atoms with Gasteiger partial charge in [0.25, 0.3) is 0 Å². The summed E-state index contributed by atoms with van der Waals surface area (Å²) in [5, 5.41) is 0. The van der Waals surface area contributed by atoms with Crippen LogP contribution in [0.2, 0.25) is 0 Å². The van der Waals surface area contributed by atoms with Crippen molar-refractivity contribution in [1.29, 1.82) is 0 Å². The lowest BCUT2D eigenvalue weighted by molar-refractivity contribution is 0.742. The summed E-state index contributed by atoms with van der Waals surface area (Å²) in [7, 11) is 0. The van der Waals surface area contributed by atoms with Gasteiger partial charge in [0.15, 0.2) is 0 Å². The van der Waals surface area contributed by atoms with Gasteiger partial charge in [0.2, 0.25) is 0 Å². The van der Waals surface area contributed by atoms with Crippen molar-refractivity contribution in [2.75, 3.05) is 0 Å². The molecule has 0 radical (unpaired) electrons. The number of allylic oxidation sites excluding steroid dienone is 2. The number of benzene rings is 1. The molecule has 74 valence electrons. The maximum atomic E-state index is 2.41. The molecule has 0 amide bonds. The zero-order valence-corrected chi connectivity index (χ0v) is 8.92. The topological polar surface area (TPSA) is 0 Å². The van der Waals surface area contributed by atoms with E-state index in [0.29, 0.717) is 0 Å². The standard InChI is InChI=1S/C14H18/c1-2-12-7-6-10-14(11-12)13-8-4-3-5-9-13/h6-8,10-11H,2-5,9H2,1H3. The van der Waals surface area contributed by atoms with Gasteiger partial charge in [0, 0.05) is 0 Å². The molecule has 1 aromatic carbocycles. The van der Waals surface area contributed by atoms with E-state index < -0.39 is 0 Å². The number of hydrogen-bond acceptors (Lipinski definition) is 0. The van der Waals surface area contributed by atoms with Crippen LogP contribution in [0.15, 0.2) is 30.3 Å². The Balaban J connectivity index is 2.26. The molecule has 0 aromatic heterocycles. The van der Waals surface area contributed by atoms with Crippen LogP contribution in [0, 0.1) is 0 Å². The van der Waals surface area contributed by atoms with E-state index in [4.69, 9.17) is 0 Å². The van der Waals surface area contributed by atoms with Gasteiger partial charge in [-0.25, -0.2) is 0 Å². The van der Waals surface area contributed by atoms with E-state index in [1.165, 1.54) is 36.8 Å². The largest absolute Gasteiger partial charge is 0.0807 e. The van der Waals surface area contributed by atoms with Crippen molar-refractivity contribution >= 4 is 5.57 Å². The van der Waals surface area contributed by atoms with E-state index in [2.05, 4.69) is 37.3 Å². The van der Waals surface area contributed by atoms with Gasteiger partial charge >= 0.3 is 0 Å². The molecule has 14 heavy (non-hydrogen) atoms. The highest BCUT2D eigenvalue weighted by molar-refractivity contribution is 5.66. The van der Waals surface area contributed by atoms with Gasteiger partial charge in [-0.3, -0.25) is 0 Å². The third-order valence-electron chi connectivity index (χ3n) is 3.00. The van der Waals surface area contributed by atoms with Crippen molar-refractivity contribution in [3.05, 3.63) is 41.5 Å². The van der Waals surface area contributed by atoms with Crippen molar-refractivity contribution in [2.45, 2.75) is 39.0 Å². The van der Waals surface area contributed by atoms with Gasteiger partial charge in [0.1, 0.15) is 0 Å². The minimum absolute atomic E-state index is 1.14. The SMILES string of the molecule is CCc1cccc(C2=CCCCC2)c1. The summed E-state index contributed by atoms with van der Waals surface area (Å²) < 4.78 is 0. The minimum atomic E-state index is 1.14. The molecule has 0 nitrogen and oxygen atoms in total. The zero-order chi connectivity index (χ0) is 9.80. The Labute approximate surface area is 86.7 Å². The second-order valence-corrected chi connectivity index (χ2v) is 4.03. The van der Waals surface area contributed by atoms with Gasteiger partial charge < -0.3 is 0 Å². The van der Waals surface area contributed by atoms with Crippen LogP contribution >= 0.6 is 0 Å². The molecule has 0 saturated heterocycles. The average molecular weight is 186 g/mol. The summed E-state index contributed by atoms with van der Waals surface area (Å²) >= 11 is 0. The molecule has 0 fully saturated rings. The Hall–Kier alpha value is -1.04. The van der Waals surface area contributed by atoms with Crippen molar-refractivity contribution in [3.63, 3.8) is 0 Å². The van der Waals surface area contributed by atoms with Gasteiger partial charge in [-0.15, -0.1) is 0 Å². The molecule has 0 heterocycles. The minimum Gasteiger partial charge on any atom is -0.0807 e. The Bertz CT molecular complexity index is 334. The fourth-order valence-corrected chi connectivity index (χ4v) is 2.09. The lowest BCUT2D eigenvalue weighted by atomic mass is 9.92. The molecular formula is C14H18. The van der Waals surface area contributed by atoms with E-state index in [0.717, 1.165) is 6.42 Å². The highest BCUT2D eigenvalue weighted by Crippen LogP contribution is 2.27. The molecular weight excluding hydrogens is 168 g/mol. The summed E-state index contributed by atoms with van der Waals surface area (Å²) in [5.74, 6) is 0. The fourth-order valence-electron chi connectivity index (χ4n) is 2.09. The molecule has 1 aromatic rings. The second kappa shape index (κ2) is 4.45. The molecule has 1 aliphatic rings. The maximum absolute atomic E-state index is 2.41. The van der Waals surface area contributed by atoms with Gasteiger partial charge in [-0.05, 0) is 48.8 Å². The molecule has 0 saturated carbocycles. The lowest BCUT2D eigenvalue weighted by Gasteiger charge is -2.13. The van der Waals surface area contributed by atoms with Crippen LogP contribution in [0.4, 0.5) is 0 Å². The molecule has 0 spiro atoms. The van der Waals surface area contributed by atoms with E-state index in [-0.39, 0.29) is 0 Å². The molecule has 0 aliphatic heterocycles. The molecule has 0 atom stereocenters. The number of hydrogen-bond donors (Lipinski definition) is 0.